The molecular formula is C14H23BrN2S. The normalized spacial score (nSPS) is 21.7. The molecule has 2 rings (SSSR count). The monoisotopic (exact) mass is 330 g/mol. The fourth-order valence-corrected chi connectivity index (χ4v) is 4.19. The van der Waals surface area contributed by atoms with Gasteiger partial charge in [-0.25, -0.2) is 0 Å². The van der Waals surface area contributed by atoms with Crippen LogP contribution in [0.2, 0.25) is 0 Å². The first-order chi connectivity index (χ1) is 8.70. The minimum Gasteiger partial charge on any atom is -0.313 e. The third kappa shape index (κ3) is 3.80. The van der Waals surface area contributed by atoms with E-state index in [4.69, 9.17) is 0 Å². The number of thiophene rings is 1. The average molecular weight is 331 g/mol. The van der Waals surface area contributed by atoms with Gasteiger partial charge in [0.2, 0.25) is 0 Å². The number of rotatable bonds is 6. The molecule has 1 aliphatic heterocycles. The molecule has 2 nitrogen and oxygen atoms in total. The SMILES string of the molecule is CCCN(CC1CCCN1)C(C)c1cc(Br)cs1. The summed E-state index contributed by atoms with van der Waals surface area (Å²) in [6.07, 6.45) is 3.90. The quantitative estimate of drug-likeness (QED) is 0.846. The summed E-state index contributed by atoms with van der Waals surface area (Å²) in [6, 6.07) is 3.49. The van der Waals surface area contributed by atoms with Crippen molar-refractivity contribution >= 4 is 27.3 Å². The van der Waals surface area contributed by atoms with E-state index in [1.54, 1.807) is 0 Å². The molecule has 2 heterocycles. The van der Waals surface area contributed by atoms with E-state index in [0.29, 0.717) is 12.1 Å². The van der Waals surface area contributed by atoms with Crippen LogP contribution in [0.3, 0.4) is 0 Å². The van der Waals surface area contributed by atoms with Crippen molar-refractivity contribution in [1.82, 2.24) is 10.2 Å². The lowest BCUT2D eigenvalue weighted by molar-refractivity contribution is 0.195. The smallest absolute Gasteiger partial charge is 0.0414 e. The molecular weight excluding hydrogens is 308 g/mol. The second-order valence-electron chi connectivity index (χ2n) is 5.13. The average Bonchev–Trinajstić information content (AvgIpc) is 2.99. The third-order valence-electron chi connectivity index (χ3n) is 3.68. The van der Waals surface area contributed by atoms with Crippen LogP contribution in [0.25, 0.3) is 0 Å². The zero-order chi connectivity index (χ0) is 13.0. The highest BCUT2D eigenvalue weighted by Crippen LogP contribution is 2.29. The molecule has 0 aromatic carbocycles. The van der Waals surface area contributed by atoms with E-state index in [2.05, 4.69) is 51.4 Å². The number of halogens is 1. The van der Waals surface area contributed by atoms with Crippen molar-refractivity contribution in [1.29, 1.82) is 0 Å². The number of nitrogens with zero attached hydrogens (tertiary/aromatic N) is 1. The first kappa shape index (κ1) is 14.5. The maximum absolute atomic E-state index is 3.61. The molecule has 1 fully saturated rings. The van der Waals surface area contributed by atoms with Crippen LogP contribution in [-0.2, 0) is 0 Å². The molecule has 2 atom stereocenters. The van der Waals surface area contributed by atoms with Gasteiger partial charge in [-0.1, -0.05) is 6.92 Å². The van der Waals surface area contributed by atoms with Gasteiger partial charge < -0.3 is 5.32 Å². The third-order valence-corrected chi connectivity index (χ3v) is 5.54. The minimum atomic E-state index is 0.531. The second kappa shape index (κ2) is 7.04. The van der Waals surface area contributed by atoms with Crippen LogP contribution in [0.4, 0.5) is 0 Å². The predicted octanol–water partition coefficient (Wildman–Crippen LogP) is 4.04. The van der Waals surface area contributed by atoms with Gasteiger partial charge in [-0.15, -0.1) is 11.3 Å². The Morgan fingerprint density at radius 2 is 2.44 bits per heavy atom. The summed E-state index contributed by atoms with van der Waals surface area (Å²) in [4.78, 5) is 4.09. The van der Waals surface area contributed by atoms with Gasteiger partial charge in [-0.05, 0) is 61.3 Å². The van der Waals surface area contributed by atoms with Crippen molar-refractivity contribution in [2.75, 3.05) is 19.6 Å². The lowest BCUT2D eigenvalue weighted by atomic mass is 10.1. The summed E-state index contributed by atoms with van der Waals surface area (Å²) in [5.74, 6) is 0. The molecule has 0 radical (unpaired) electrons. The van der Waals surface area contributed by atoms with Crippen LogP contribution in [0.5, 0.6) is 0 Å². The van der Waals surface area contributed by atoms with E-state index in [1.165, 1.54) is 48.2 Å². The summed E-state index contributed by atoms with van der Waals surface area (Å²) in [5, 5.41) is 5.79. The van der Waals surface area contributed by atoms with E-state index in [0.717, 1.165) is 0 Å². The maximum Gasteiger partial charge on any atom is 0.0414 e. The van der Waals surface area contributed by atoms with Crippen LogP contribution in [0.15, 0.2) is 15.9 Å². The van der Waals surface area contributed by atoms with Gasteiger partial charge in [0.25, 0.3) is 0 Å². The van der Waals surface area contributed by atoms with Crippen molar-refractivity contribution in [2.45, 2.75) is 45.2 Å². The van der Waals surface area contributed by atoms with Crippen molar-refractivity contribution < 1.29 is 0 Å². The summed E-state index contributed by atoms with van der Waals surface area (Å²) in [5.41, 5.74) is 0. The van der Waals surface area contributed by atoms with Gasteiger partial charge in [0, 0.05) is 33.4 Å². The minimum absolute atomic E-state index is 0.531. The Morgan fingerprint density at radius 3 is 3.00 bits per heavy atom. The second-order valence-corrected chi connectivity index (χ2v) is 6.99. The lowest BCUT2D eigenvalue weighted by Crippen LogP contribution is -2.39. The van der Waals surface area contributed by atoms with Gasteiger partial charge >= 0.3 is 0 Å². The topological polar surface area (TPSA) is 15.3 Å². The molecule has 0 amide bonds. The molecule has 1 saturated heterocycles. The van der Waals surface area contributed by atoms with Crippen molar-refractivity contribution in [3.63, 3.8) is 0 Å². The van der Waals surface area contributed by atoms with Crippen LogP contribution in [-0.4, -0.2) is 30.6 Å². The fourth-order valence-electron chi connectivity index (χ4n) is 2.65. The van der Waals surface area contributed by atoms with Crippen LogP contribution >= 0.6 is 27.3 Å². The van der Waals surface area contributed by atoms with Crippen LogP contribution < -0.4 is 5.32 Å². The molecule has 0 aliphatic carbocycles. The number of hydrogen-bond acceptors (Lipinski definition) is 3. The van der Waals surface area contributed by atoms with Gasteiger partial charge in [0.1, 0.15) is 0 Å². The Hall–Kier alpha value is 0.1000. The summed E-state index contributed by atoms with van der Waals surface area (Å²) in [6.45, 7) is 8.18. The fraction of sp³-hybridized carbons (Fsp3) is 0.714. The number of nitrogens with one attached hydrogen (secondary N) is 1. The molecule has 1 aromatic rings. The van der Waals surface area contributed by atoms with Crippen molar-refractivity contribution in [3.8, 4) is 0 Å². The standard InChI is InChI=1S/C14H23BrN2S/c1-3-7-17(9-13-5-4-6-16-13)11(2)14-8-12(15)10-18-14/h8,10-11,13,16H,3-7,9H2,1-2H3. The van der Waals surface area contributed by atoms with Crippen LogP contribution in [0, 0.1) is 0 Å². The van der Waals surface area contributed by atoms with E-state index >= 15 is 0 Å². The first-order valence-corrected chi connectivity index (χ1v) is 8.59. The summed E-state index contributed by atoms with van der Waals surface area (Å²) in [7, 11) is 0. The Kier molecular flexibility index (Phi) is 5.67. The lowest BCUT2D eigenvalue weighted by Gasteiger charge is -2.30. The molecule has 1 aliphatic rings. The maximum atomic E-state index is 3.61. The molecule has 0 saturated carbocycles. The van der Waals surface area contributed by atoms with E-state index in [-0.39, 0.29) is 0 Å². The highest BCUT2D eigenvalue weighted by atomic mass is 79.9. The van der Waals surface area contributed by atoms with Gasteiger partial charge in [-0.3, -0.25) is 4.90 Å². The molecule has 18 heavy (non-hydrogen) atoms. The zero-order valence-electron chi connectivity index (χ0n) is 11.3. The predicted molar refractivity (Wildman–Crippen MR) is 83.3 cm³/mol. The van der Waals surface area contributed by atoms with Crippen molar-refractivity contribution in [2.24, 2.45) is 0 Å². The molecule has 4 heteroatoms. The van der Waals surface area contributed by atoms with E-state index in [9.17, 15) is 0 Å². The van der Waals surface area contributed by atoms with E-state index < -0.39 is 0 Å². The van der Waals surface area contributed by atoms with Gasteiger partial charge in [0.15, 0.2) is 0 Å². The molecule has 102 valence electrons. The number of hydrogen-bond donors (Lipinski definition) is 1. The van der Waals surface area contributed by atoms with Gasteiger partial charge in [0.05, 0.1) is 0 Å². The molecule has 0 spiro atoms. The van der Waals surface area contributed by atoms with Gasteiger partial charge in [-0.2, -0.15) is 0 Å². The molecule has 2 unspecified atom stereocenters. The highest BCUT2D eigenvalue weighted by molar-refractivity contribution is 9.10. The summed E-state index contributed by atoms with van der Waals surface area (Å²) >= 11 is 5.42. The Morgan fingerprint density at radius 1 is 1.61 bits per heavy atom. The molecule has 1 aromatic heterocycles. The summed E-state index contributed by atoms with van der Waals surface area (Å²) < 4.78 is 1.21. The van der Waals surface area contributed by atoms with Crippen molar-refractivity contribution in [3.05, 3.63) is 20.8 Å². The molecule has 1 N–H and O–H groups in total. The van der Waals surface area contributed by atoms with Crippen LogP contribution in [0.1, 0.15) is 44.0 Å². The molecule has 0 bridgehead atoms. The highest BCUT2D eigenvalue weighted by Gasteiger charge is 2.22. The largest absolute Gasteiger partial charge is 0.313 e. The first-order valence-electron chi connectivity index (χ1n) is 6.92. The Labute approximate surface area is 123 Å². The van der Waals surface area contributed by atoms with E-state index in [1.807, 2.05) is 11.3 Å². The Balaban J connectivity index is 1.98. The Bertz CT molecular complexity index is 360. The zero-order valence-corrected chi connectivity index (χ0v) is 13.7.